The van der Waals surface area contributed by atoms with Gasteiger partial charge in [-0.3, -0.25) is 24.9 Å². The number of benzene rings is 1. The third kappa shape index (κ3) is 4.66. The highest BCUT2D eigenvalue weighted by atomic mass is 16.6. The van der Waals surface area contributed by atoms with Crippen LogP contribution in [0.2, 0.25) is 0 Å². The summed E-state index contributed by atoms with van der Waals surface area (Å²) in [4.78, 5) is 25.2. The Morgan fingerprint density at radius 2 is 2.04 bits per heavy atom. The minimum atomic E-state index is -0.578. The molecule has 150 valence electrons. The second kappa shape index (κ2) is 8.83. The van der Waals surface area contributed by atoms with Gasteiger partial charge in [0.25, 0.3) is 5.91 Å². The van der Waals surface area contributed by atoms with E-state index >= 15 is 0 Å². The molecule has 2 aromatic rings. The van der Waals surface area contributed by atoms with E-state index < -0.39 is 10.8 Å². The Hall–Kier alpha value is -2.94. The molecule has 3 rings (SSSR count). The number of H-pyrrole nitrogens is 1. The second-order valence-corrected chi connectivity index (χ2v) is 7.08. The van der Waals surface area contributed by atoms with Gasteiger partial charge in [-0.25, -0.2) is 0 Å². The number of ether oxygens (including phenoxy) is 1. The molecular weight excluding hydrogens is 362 g/mol. The fourth-order valence-corrected chi connectivity index (χ4v) is 3.46. The quantitative estimate of drug-likeness (QED) is 0.557. The number of hydrogen-bond acceptors (Lipinski definition) is 6. The third-order valence-electron chi connectivity index (χ3n) is 5.14. The Balaban J connectivity index is 1.45. The SMILES string of the molecule is COc1ccc(CN2CCC(CNC(=O)c3n[nH]c(C)c3[N+](=O)[O-])CC2)cc1. The molecule has 1 aliphatic heterocycles. The molecule has 0 bridgehead atoms. The largest absolute Gasteiger partial charge is 0.497 e. The van der Waals surface area contributed by atoms with Gasteiger partial charge in [-0.15, -0.1) is 0 Å². The highest BCUT2D eigenvalue weighted by Gasteiger charge is 2.28. The highest BCUT2D eigenvalue weighted by Crippen LogP contribution is 2.22. The molecule has 1 fully saturated rings. The second-order valence-electron chi connectivity index (χ2n) is 7.08. The van der Waals surface area contributed by atoms with Crippen LogP contribution in [-0.2, 0) is 6.54 Å². The van der Waals surface area contributed by atoms with Crippen LogP contribution in [0.25, 0.3) is 0 Å². The Kier molecular flexibility index (Phi) is 6.25. The number of nitro groups is 1. The zero-order valence-corrected chi connectivity index (χ0v) is 16.1. The number of nitrogens with one attached hydrogen (secondary N) is 2. The van der Waals surface area contributed by atoms with Gasteiger partial charge in [0, 0.05) is 13.1 Å². The van der Waals surface area contributed by atoms with Crippen LogP contribution < -0.4 is 10.1 Å². The molecule has 9 heteroatoms. The van der Waals surface area contributed by atoms with Gasteiger partial charge in [0.2, 0.25) is 5.69 Å². The van der Waals surface area contributed by atoms with Crippen LogP contribution >= 0.6 is 0 Å². The molecule has 1 aliphatic rings. The smallest absolute Gasteiger partial charge is 0.322 e. The maximum Gasteiger partial charge on any atom is 0.322 e. The summed E-state index contributed by atoms with van der Waals surface area (Å²) in [5.41, 5.74) is 1.11. The molecule has 28 heavy (non-hydrogen) atoms. The van der Waals surface area contributed by atoms with E-state index in [0.29, 0.717) is 12.5 Å². The molecular formula is C19H25N5O4. The molecule has 1 amide bonds. The van der Waals surface area contributed by atoms with Crippen molar-refractivity contribution < 1.29 is 14.5 Å². The van der Waals surface area contributed by atoms with E-state index in [1.54, 1.807) is 7.11 Å². The molecule has 1 saturated heterocycles. The number of hydrogen-bond donors (Lipinski definition) is 2. The van der Waals surface area contributed by atoms with Crippen LogP contribution in [0.3, 0.4) is 0 Å². The summed E-state index contributed by atoms with van der Waals surface area (Å²) in [5, 5.41) is 20.2. The number of aryl methyl sites for hydroxylation is 1. The Morgan fingerprint density at radius 1 is 1.36 bits per heavy atom. The first-order valence-corrected chi connectivity index (χ1v) is 9.30. The van der Waals surface area contributed by atoms with Crippen LogP contribution in [0.4, 0.5) is 5.69 Å². The van der Waals surface area contributed by atoms with Gasteiger partial charge < -0.3 is 10.1 Å². The molecule has 0 unspecified atom stereocenters. The number of aromatic nitrogens is 2. The maximum atomic E-state index is 12.3. The van der Waals surface area contributed by atoms with Gasteiger partial charge in [0.15, 0.2) is 0 Å². The lowest BCUT2D eigenvalue weighted by Gasteiger charge is -2.32. The highest BCUT2D eigenvalue weighted by molar-refractivity contribution is 5.96. The first-order chi connectivity index (χ1) is 13.5. The van der Waals surface area contributed by atoms with Crippen molar-refractivity contribution >= 4 is 11.6 Å². The van der Waals surface area contributed by atoms with Crippen molar-refractivity contribution in [2.45, 2.75) is 26.3 Å². The monoisotopic (exact) mass is 387 g/mol. The molecule has 2 heterocycles. The van der Waals surface area contributed by atoms with Gasteiger partial charge in [0.05, 0.1) is 12.0 Å². The summed E-state index contributed by atoms with van der Waals surface area (Å²) in [6.45, 7) is 4.82. The number of carbonyl (C=O) groups excluding carboxylic acids is 1. The van der Waals surface area contributed by atoms with E-state index in [0.717, 1.165) is 38.2 Å². The standard InChI is InChI=1S/C19H25N5O4/c1-13-18(24(26)27)17(22-21-13)19(25)20-11-14-7-9-23(10-8-14)12-15-3-5-16(28-2)6-4-15/h3-6,14H,7-12H2,1-2H3,(H,20,25)(H,21,22). The first kappa shape index (κ1) is 19.8. The van der Waals surface area contributed by atoms with Crippen LogP contribution in [-0.4, -0.2) is 52.7 Å². The fourth-order valence-electron chi connectivity index (χ4n) is 3.46. The van der Waals surface area contributed by atoms with Gasteiger partial charge >= 0.3 is 5.69 Å². The predicted molar refractivity (Wildman–Crippen MR) is 103 cm³/mol. The number of aromatic amines is 1. The van der Waals surface area contributed by atoms with E-state index in [1.807, 2.05) is 12.1 Å². The lowest BCUT2D eigenvalue weighted by Crippen LogP contribution is -2.38. The number of amides is 1. The molecule has 2 N–H and O–H groups in total. The van der Waals surface area contributed by atoms with Crippen molar-refractivity contribution in [3.05, 3.63) is 51.3 Å². The zero-order chi connectivity index (χ0) is 20.1. The van der Waals surface area contributed by atoms with Crippen molar-refractivity contribution in [1.29, 1.82) is 0 Å². The minimum absolute atomic E-state index is 0.153. The summed E-state index contributed by atoms with van der Waals surface area (Å²) in [5.74, 6) is 0.706. The van der Waals surface area contributed by atoms with Crippen LogP contribution in [0.15, 0.2) is 24.3 Å². The van der Waals surface area contributed by atoms with E-state index in [2.05, 4.69) is 32.5 Å². The maximum absolute atomic E-state index is 12.3. The zero-order valence-electron chi connectivity index (χ0n) is 16.1. The molecule has 1 aromatic carbocycles. The van der Waals surface area contributed by atoms with Crippen molar-refractivity contribution in [2.24, 2.45) is 5.92 Å². The number of likely N-dealkylation sites (tertiary alicyclic amines) is 1. The van der Waals surface area contributed by atoms with Crippen molar-refractivity contribution in [1.82, 2.24) is 20.4 Å². The van der Waals surface area contributed by atoms with E-state index in [4.69, 9.17) is 4.74 Å². The number of rotatable bonds is 7. The lowest BCUT2D eigenvalue weighted by atomic mass is 9.96. The van der Waals surface area contributed by atoms with Crippen molar-refractivity contribution in [2.75, 3.05) is 26.7 Å². The molecule has 0 saturated carbocycles. The van der Waals surface area contributed by atoms with Crippen LogP contribution in [0, 0.1) is 23.0 Å². The van der Waals surface area contributed by atoms with Crippen LogP contribution in [0.5, 0.6) is 5.75 Å². The van der Waals surface area contributed by atoms with Crippen molar-refractivity contribution in [3.63, 3.8) is 0 Å². The lowest BCUT2D eigenvalue weighted by molar-refractivity contribution is -0.385. The summed E-state index contributed by atoms with van der Waals surface area (Å²) in [6.07, 6.45) is 1.94. The minimum Gasteiger partial charge on any atom is -0.497 e. The first-order valence-electron chi connectivity index (χ1n) is 9.30. The van der Waals surface area contributed by atoms with Gasteiger partial charge in [-0.2, -0.15) is 5.10 Å². The summed E-state index contributed by atoms with van der Waals surface area (Å²) >= 11 is 0. The Labute approximate surface area is 163 Å². The molecule has 9 nitrogen and oxygen atoms in total. The molecule has 0 spiro atoms. The summed E-state index contributed by atoms with van der Waals surface area (Å²) in [7, 11) is 1.66. The van der Waals surface area contributed by atoms with Crippen molar-refractivity contribution in [3.8, 4) is 5.75 Å². The van der Waals surface area contributed by atoms with E-state index in [1.165, 1.54) is 12.5 Å². The van der Waals surface area contributed by atoms with E-state index in [9.17, 15) is 14.9 Å². The predicted octanol–water partition coefficient (Wildman–Crippen LogP) is 2.28. The number of carbonyl (C=O) groups is 1. The van der Waals surface area contributed by atoms with E-state index in [-0.39, 0.29) is 17.1 Å². The van der Waals surface area contributed by atoms with Crippen LogP contribution in [0.1, 0.15) is 34.6 Å². The third-order valence-corrected chi connectivity index (χ3v) is 5.14. The normalized spacial score (nSPS) is 15.4. The Morgan fingerprint density at radius 3 is 2.64 bits per heavy atom. The average molecular weight is 387 g/mol. The molecule has 1 aromatic heterocycles. The number of methoxy groups -OCH3 is 1. The topological polar surface area (TPSA) is 113 Å². The molecule has 0 aliphatic carbocycles. The van der Waals surface area contributed by atoms with Gasteiger partial charge in [-0.1, -0.05) is 12.1 Å². The molecule has 0 atom stereocenters. The number of nitrogens with zero attached hydrogens (tertiary/aromatic N) is 3. The fraction of sp³-hybridized carbons (Fsp3) is 0.474. The average Bonchev–Trinajstić information content (AvgIpc) is 3.09. The summed E-state index contributed by atoms with van der Waals surface area (Å²) in [6, 6.07) is 8.08. The number of piperidine rings is 1. The Bertz CT molecular complexity index is 825. The summed E-state index contributed by atoms with van der Waals surface area (Å²) < 4.78 is 5.18. The van der Waals surface area contributed by atoms with Gasteiger partial charge in [0.1, 0.15) is 11.4 Å². The van der Waals surface area contributed by atoms with Gasteiger partial charge in [-0.05, 0) is 56.5 Å². The molecule has 0 radical (unpaired) electrons.